The van der Waals surface area contributed by atoms with Gasteiger partial charge in [-0.15, -0.1) is 0 Å². The van der Waals surface area contributed by atoms with Crippen LogP contribution in [0.4, 0.5) is 5.69 Å². The van der Waals surface area contributed by atoms with Gasteiger partial charge in [-0.1, -0.05) is 24.8 Å². The number of H-pyrrole nitrogens is 1. The van der Waals surface area contributed by atoms with Gasteiger partial charge in [0.25, 0.3) is 0 Å². The van der Waals surface area contributed by atoms with Crippen molar-refractivity contribution in [3.8, 4) is 0 Å². The first-order valence-electron chi connectivity index (χ1n) is 9.47. The largest absolute Gasteiger partial charge is 0.397 e. The Morgan fingerprint density at radius 2 is 2.19 bits per heavy atom. The van der Waals surface area contributed by atoms with Gasteiger partial charge in [-0.3, -0.25) is 0 Å². The van der Waals surface area contributed by atoms with Gasteiger partial charge in [-0.25, -0.2) is 0 Å². The fourth-order valence-corrected chi connectivity index (χ4v) is 3.30. The van der Waals surface area contributed by atoms with Gasteiger partial charge in [0.05, 0.1) is 23.7 Å². The molecule has 6 nitrogen and oxygen atoms in total. The summed E-state index contributed by atoms with van der Waals surface area (Å²) < 4.78 is 0. The molecule has 1 atom stereocenters. The molecular weight excluding hydrogens is 336 g/mol. The molecule has 2 aromatic rings. The first-order chi connectivity index (χ1) is 12.9. The lowest BCUT2D eigenvalue weighted by Crippen LogP contribution is -2.45. The zero-order valence-corrected chi connectivity index (χ0v) is 16.9. The minimum atomic E-state index is 0.469. The highest BCUT2D eigenvalue weighted by Crippen LogP contribution is 2.25. The highest BCUT2D eigenvalue weighted by atomic mass is 15.2. The van der Waals surface area contributed by atoms with Crippen LogP contribution in [0.3, 0.4) is 0 Å². The van der Waals surface area contributed by atoms with Gasteiger partial charge in [0.2, 0.25) is 0 Å². The van der Waals surface area contributed by atoms with E-state index >= 15 is 0 Å². The number of hydrogen-bond acceptors (Lipinski definition) is 5. The molecule has 1 aliphatic heterocycles. The molecule has 6 heteroatoms. The molecule has 1 aromatic carbocycles. The molecule has 0 amide bonds. The van der Waals surface area contributed by atoms with Crippen LogP contribution < -0.4 is 21.7 Å². The maximum absolute atomic E-state index is 6.27. The van der Waals surface area contributed by atoms with Crippen LogP contribution in [0.2, 0.25) is 0 Å². The Morgan fingerprint density at radius 1 is 1.44 bits per heavy atom. The number of nitrogen functional groups attached to an aromatic ring is 1. The predicted octanol–water partition coefficient (Wildman–Crippen LogP) is 2.65. The number of hydrogen-bond donors (Lipinski definition) is 5. The van der Waals surface area contributed by atoms with E-state index < -0.39 is 0 Å². The summed E-state index contributed by atoms with van der Waals surface area (Å²) in [6, 6.07) is 6.76. The molecule has 148 valence electrons. The first kappa shape index (κ1) is 20.7. The SMILES string of the molecule is C=C(NCc1[nH]c2ccc(C)cc2c1N)NC1CCCN(C)C1.C=CNC. The third kappa shape index (κ3) is 5.96. The highest BCUT2D eigenvalue weighted by molar-refractivity contribution is 5.93. The summed E-state index contributed by atoms with van der Waals surface area (Å²) in [4.78, 5) is 5.75. The quantitative estimate of drug-likeness (QED) is 0.540. The number of aromatic nitrogens is 1. The van der Waals surface area contributed by atoms with Crippen molar-refractivity contribution in [1.82, 2.24) is 25.8 Å². The van der Waals surface area contributed by atoms with Crippen molar-refractivity contribution in [2.75, 3.05) is 32.9 Å². The van der Waals surface area contributed by atoms with Crippen molar-refractivity contribution >= 4 is 16.6 Å². The number of anilines is 1. The summed E-state index contributed by atoms with van der Waals surface area (Å²) in [6.07, 6.45) is 4.05. The minimum Gasteiger partial charge on any atom is -0.397 e. The lowest BCUT2D eigenvalue weighted by atomic mass is 10.1. The Balaban J connectivity index is 0.000000596. The van der Waals surface area contributed by atoms with E-state index in [2.05, 4.69) is 71.2 Å². The number of benzene rings is 1. The molecule has 1 fully saturated rings. The van der Waals surface area contributed by atoms with E-state index in [0.717, 1.165) is 34.6 Å². The number of rotatable bonds is 6. The number of nitrogens with one attached hydrogen (secondary N) is 4. The number of aromatic amines is 1. The van der Waals surface area contributed by atoms with Crippen LogP contribution in [-0.2, 0) is 6.54 Å². The second-order valence-corrected chi connectivity index (χ2v) is 7.14. The van der Waals surface area contributed by atoms with Gasteiger partial charge in [0.1, 0.15) is 0 Å². The Morgan fingerprint density at radius 3 is 2.85 bits per heavy atom. The van der Waals surface area contributed by atoms with E-state index in [1.807, 2.05) is 7.05 Å². The van der Waals surface area contributed by atoms with Gasteiger partial charge in [0.15, 0.2) is 0 Å². The van der Waals surface area contributed by atoms with E-state index in [0.29, 0.717) is 12.6 Å². The van der Waals surface area contributed by atoms with Crippen LogP contribution in [0.15, 0.2) is 43.4 Å². The molecule has 1 unspecified atom stereocenters. The van der Waals surface area contributed by atoms with Crippen LogP contribution in [0.5, 0.6) is 0 Å². The molecule has 0 radical (unpaired) electrons. The summed E-state index contributed by atoms with van der Waals surface area (Å²) in [5.74, 6) is 0.861. The van der Waals surface area contributed by atoms with Gasteiger partial charge in [0, 0.05) is 30.5 Å². The number of likely N-dealkylation sites (tertiary alicyclic amines) is 1. The van der Waals surface area contributed by atoms with Crippen molar-refractivity contribution in [3.63, 3.8) is 0 Å². The molecule has 2 heterocycles. The average molecular weight is 371 g/mol. The van der Waals surface area contributed by atoms with Gasteiger partial charge in [-0.2, -0.15) is 0 Å². The lowest BCUT2D eigenvalue weighted by Gasteiger charge is -2.31. The van der Waals surface area contributed by atoms with E-state index in [1.54, 1.807) is 6.20 Å². The molecule has 1 aliphatic rings. The van der Waals surface area contributed by atoms with Crippen molar-refractivity contribution in [2.45, 2.75) is 32.4 Å². The van der Waals surface area contributed by atoms with Gasteiger partial charge < -0.3 is 31.6 Å². The third-order valence-electron chi connectivity index (χ3n) is 4.76. The molecule has 3 rings (SSSR count). The summed E-state index contributed by atoms with van der Waals surface area (Å²) in [5.41, 5.74) is 10.4. The molecule has 0 spiro atoms. The van der Waals surface area contributed by atoms with E-state index in [-0.39, 0.29) is 0 Å². The zero-order valence-electron chi connectivity index (χ0n) is 16.9. The number of aryl methyl sites for hydroxylation is 1. The zero-order chi connectivity index (χ0) is 19.8. The highest BCUT2D eigenvalue weighted by Gasteiger charge is 2.17. The maximum Gasteiger partial charge on any atom is 0.0918 e. The minimum absolute atomic E-state index is 0.469. The normalized spacial score (nSPS) is 16.9. The van der Waals surface area contributed by atoms with E-state index in [9.17, 15) is 0 Å². The fraction of sp³-hybridized carbons (Fsp3) is 0.429. The van der Waals surface area contributed by atoms with Crippen LogP contribution >= 0.6 is 0 Å². The standard InChI is InChI=1S/C18H27N5.C3H7N/c1-12-6-7-16-15(9-12)18(19)17(22-16)10-20-13(2)21-14-5-4-8-23(3)11-14;1-3-4-2/h6-7,9,14,20-22H,2,4-5,8,10-11,19H2,1,3H3;3-4H,1H2,2H3. The summed E-state index contributed by atoms with van der Waals surface area (Å²) in [6.45, 7) is 12.4. The fourth-order valence-electron chi connectivity index (χ4n) is 3.30. The lowest BCUT2D eigenvalue weighted by molar-refractivity contribution is 0.233. The van der Waals surface area contributed by atoms with E-state index in [4.69, 9.17) is 5.73 Å². The third-order valence-corrected chi connectivity index (χ3v) is 4.76. The Bertz CT molecular complexity index is 763. The predicted molar refractivity (Wildman–Crippen MR) is 116 cm³/mol. The second-order valence-electron chi connectivity index (χ2n) is 7.14. The van der Waals surface area contributed by atoms with Crippen LogP contribution in [0.1, 0.15) is 24.1 Å². The molecule has 6 N–H and O–H groups in total. The number of nitrogens with two attached hydrogens (primary N) is 1. The van der Waals surface area contributed by atoms with E-state index in [1.165, 1.54) is 24.9 Å². The molecule has 27 heavy (non-hydrogen) atoms. The van der Waals surface area contributed by atoms with Crippen molar-refractivity contribution < 1.29 is 0 Å². The Labute approximate surface area is 162 Å². The number of nitrogens with zero attached hydrogens (tertiary/aromatic N) is 1. The number of piperidine rings is 1. The first-order valence-corrected chi connectivity index (χ1v) is 9.47. The van der Waals surface area contributed by atoms with Crippen molar-refractivity contribution in [3.05, 3.63) is 54.6 Å². The maximum atomic E-state index is 6.27. The summed E-state index contributed by atoms with van der Waals surface area (Å²) in [5, 5.41) is 10.6. The Hall–Kier alpha value is -2.60. The van der Waals surface area contributed by atoms with Gasteiger partial charge in [-0.05, 0) is 51.7 Å². The van der Waals surface area contributed by atoms with Crippen molar-refractivity contribution in [2.24, 2.45) is 0 Å². The van der Waals surface area contributed by atoms with Gasteiger partial charge >= 0.3 is 0 Å². The topological polar surface area (TPSA) is 81.1 Å². The number of likely N-dealkylation sites (N-methyl/N-ethyl adjacent to an activating group) is 1. The average Bonchev–Trinajstić information content (AvgIpc) is 2.96. The summed E-state index contributed by atoms with van der Waals surface area (Å²) in [7, 11) is 3.98. The molecule has 0 bridgehead atoms. The van der Waals surface area contributed by atoms with Crippen LogP contribution in [0, 0.1) is 6.92 Å². The molecule has 1 saturated heterocycles. The molecule has 1 aromatic heterocycles. The van der Waals surface area contributed by atoms with Crippen LogP contribution in [0.25, 0.3) is 10.9 Å². The van der Waals surface area contributed by atoms with Crippen molar-refractivity contribution in [1.29, 1.82) is 0 Å². The van der Waals surface area contributed by atoms with Crippen LogP contribution in [-0.4, -0.2) is 43.1 Å². The number of fused-ring (bicyclic) bond motifs is 1. The smallest absolute Gasteiger partial charge is 0.0918 e. The Kier molecular flexibility index (Phi) is 7.61. The monoisotopic (exact) mass is 370 g/mol. The second kappa shape index (κ2) is 9.92. The molecular formula is C21H34N6. The molecule has 0 aliphatic carbocycles. The summed E-state index contributed by atoms with van der Waals surface area (Å²) >= 11 is 0. The molecule has 0 saturated carbocycles.